The van der Waals surface area contributed by atoms with Gasteiger partial charge in [-0.05, 0) is 29.5 Å². The lowest BCUT2D eigenvalue weighted by molar-refractivity contribution is -0.120. The van der Waals surface area contributed by atoms with Crippen molar-refractivity contribution in [2.75, 3.05) is 11.9 Å². The molecular formula is C15H19N3O. The number of aromatic nitrogens is 1. The van der Waals surface area contributed by atoms with Crippen LogP contribution in [-0.2, 0) is 4.79 Å². The summed E-state index contributed by atoms with van der Waals surface area (Å²) in [7, 11) is 0. The number of nitrogens with one attached hydrogen (secondary N) is 1. The summed E-state index contributed by atoms with van der Waals surface area (Å²) in [5, 5.41) is 5.04. The zero-order valence-corrected chi connectivity index (χ0v) is 11.3. The van der Waals surface area contributed by atoms with E-state index >= 15 is 0 Å². The lowest BCUT2D eigenvalue weighted by Crippen LogP contribution is -2.33. The summed E-state index contributed by atoms with van der Waals surface area (Å²) in [6.45, 7) is 4.37. The average Bonchev–Trinajstić information content (AvgIpc) is 2.39. The molecule has 0 aliphatic carbocycles. The average molecular weight is 257 g/mol. The number of amides is 1. The van der Waals surface area contributed by atoms with E-state index in [1.54, 1.807) is 12.4 Å². The maximum absolute atomic E-state index is 12.1. The van der Waals surface area contributed by atoms with Crippen LogP contribution in [0.4, 0.5) is 5.69 Å². The number of carbonyl (C=O) groups excluding carboxylic acids is 1. The summed E-state index contributed by atoms with van der Waals surface area (Å²) in [4.78, 5) is 16.2. The molecule has 1 aromatic carbocycles. The van der Waals surface area contributed by atoms with Gasteiger partial charge in [0.15, 0.2) is 0 Å². The Morgan fingerprint density at radius 1 is 1.32 bits per heavy atom. The van der Waals surface area contributed by atoms with Crippen LogP contribution < -0.4 is 11.1 Å². The molecule has 0 unspecified atom stereocenters. The highest BCUT2D eigenvalue weighted by atomic mass is 16.1. The Hall–Kier alpha value is -1.94. The van der Waals surface area contributed by atoms with E-state index in [0.717, 1.165) is 16.5 Å². The van der Waals surface area contributed by atoms with Gasteiger partial charge >= 0.3 is 0 Å². The summed E-state index contributed by atoms with van der Waals surface area (Å²) in [5.41, 5.74) is 6.44. The van der Waals surface area contributed by atoms with E-state index in [0.29, 0.717) is 6.54 Å². The van der Waals surface area contributed by atoms with E-state index in [1.807, 2.05) is 38.1 Å². The molecule has 0 spiro atoms. The lowest BCUT2D eigenvalue weighted by atomic mass is 9.95. The molecule has 100 valence electrons. The predicted molar refractivity (Wildman–Crippen MR) is 77.8 cm³/mol. The highest BCUT2D eigenvalue weighted by Gasteiger charge is 2.20. The second kappa shape index (κ2) is 5.80. The molecule has 0 radical (unpaired) electrons. The van der Waals surface area contributed by atoms with Gasteiger partial charge in [-0.1, -0.05) is 19.9 Å². The van der Waals surface area contributed by atoms with Crippen molar-refractivity contribution >= 4 is 22.4 Å². The summed E-state index contributed by atoms with van der Waals surface area (Å²) in [6.07, 6.45) is 3.54. The van der Waals surface area contributed by atoms with Crippen LogP contribution in [0, 0.1) is 11.8 Å². The molecule has 3 N–H and O–H groups in total. The van der Waals surface area contributed by atoms with E-state index in [-0.39, 0.29) is 17.7 Å². The Morgan fingerprint density at radius 2 is 2.11 bits per heavy atom. The van der Waals surface area contributed by atoms with E-state index in [1.165, 1.54) is 0 Å². The zero-order chi connectivity index (χ0) is 13.8. The normalized spacial score (nSPS) is 12.6. The van der Waals surface area contributed by atoms with Gasteiger partial charge in [0.05, 0.1) is 5.92 Å². The Morgan fingerprint density at radius 3 is 2.79 bits per heavy atom. The number of pyridine rings is 1. The molecule has 1 heterocycles. The number of anilines is 1. The lowest BCUT2D eigenvalue weighted by Gasteiger charge is -2.18. The van der Waals surface area contributed by atoms with Crippen molar-refractivity contribution in [3.8, 4) is 0 Å². The summed E-state index contributed by atoms with van der Waals surface area (Å²) < 4.78 is 0. The molecule has 0 aliphatic heterocycles. The minimum Gasteiger partial charge on any atom is -0.330 e. The van der Waals surface area contributed by atoms with Crippen LogP contribution in [-0.4, -0.2) is 17.4 Å². The first-order chi connectivity index (χ1) is 9.11. The maximum Gasteiger partial charge on any atom is 0.229 e. The van der Waals surface area contributed by atoms with Crippen LogP contribution in [0.2, 0.25) is 0 Å². The number of fused-ring (bicyclic) bond motifs is 1. The minimum atomic E-state index is -0.159. The Kier molecular flexibility index (Phi) is 4.12. The van der Waals surface area contributed by atoms with Crippen molar-refractivity contribution in [3.05, 3.63) is 36.7 Å². The molecule has 0 bridgehead atoms. The molecule has 1 amide bonds. The highest BCUT2D eigenvalue weighted by Crippen LogP contribution is 2.19. The van der Waals surface area contributed by atoms with Crippen molar-refractivity contribution in [3.63, 3.8) is 0 Å². The summed E-state index contributed by atoms with van der Waals surface area (Å²) in [5.74, 6) is 0.0497. The fourth-order valence-electron chi connectivity index (χ4n) is 2.08. The highest BCUT2D eigenvalue weighted by molar-refractivity contribution is 5.95. The van der Waals surface area contributed by atoms with Crippen molar-refractivity contribution in [1.82, 2.24) is 4.98 Å². The van der Waals surface area contributed by atoms with Crippen molar-refractivity contribution in [2.24, 2.45) is 17.6 Å². The molecule has 0 aliphatic rings. The van der Waals surface area contributed by atoms with Gasteiger partial charge in [-0.3, -0.25) is 9.78 Å². The molecule has 19 heavy (non-hydrogen) atoms. The number of rotatable bonds is 4. The quantitative estimate of drug-likeness (QED) is 0.883. The van der Waals surface area contributed by atoms with Crippen LogP contribution in [0.1, 0.15) is 13.8 Å². The van der Waals surface area contributed by atoms with Crippen LogP contribution in [0.25, 0.3) is 10.8 Å². The Balaban J connectivity index is 2.19. The smallest absolute Gasteiger partial charge is 0.229 e. The molecule has 4 heteroatoms. The predicted octanol–water partition coefficient (Wildman–Crippen LogP) is 2.40. The fraction of sp³-hybridized carbons (Fsp3) is 0.333. The number of hydrogen-bond acceptors (Lipinski definition) is 3. The van der Waals surface area contributed by atoms with Gasteiger partial charge in [-0.25, -0.2) is 0 Å². The third-order valence-electron chi connectivity index (χ3n) is 3.30. The van der Waals surface area contributed by atoms with Gasteiger partial charge in [0.1, 0.15) is 0 Å². The topological polar surface area (TPSA) is 68.0 Å². The van der Waals surface area contributed by atoms with Crippen LogP contribution in [0.3, 0.4) is 0 Å². The van der Waals surface area contributed by atoms with Gasteiger partial charge in [0.25, 0.3) is 0 Å². The number of hydrogen-bond donors (Lipinski definition) is 2. The standard InChI is InChI=1S/C15H19N3O/c1-10(2)14(8-16)15(19)18-13-4-3-12-9-17-6-5-11(12)7-13/h3-7,9-10,14H,8,16H2,1-2H3,(H,18,19)/t14-/m0/s1. The van der Waals surface area contributed by atoms with Gasteiger partial charge in [-0.2, -0.15) is 0 Å². The molecule has 0 saturated carbocycles. The second-order valence-electron chi connectivity index (χ2n) is 5.01. The van der Waals surface area contributed by atoms with Crippen LogP contribution >= 0.6 is 0 Å². The number of nitrogens with two attached hydrogens (primary N) is 1. The fourth-order valence-corrected chi connectivity index (χ4v) is 2.08. The van der Waals surface area contributed by atoms with Gasteiger partial charge in [0.2, 0.25) is 5.91 Å². The van der Waals surface area contributed by atoms with Crippen molar-refractivity contribution in [2.45, 2.75) is 13.8 Å². The number of carbonyl (C=O) groups is 1. The second-order valence-corrected chi connectivity index (χ2v) is 5.01. The first-order valence-electron chi connectivity index (χ1n) is 6.46. The van der Waals surface area contributed by atoms with Gasteiger partial charge < -0.3 is 11.1 Å². The third kappa shape index (κ3) is 3.09. The van der Waals surface area contributed by atoms with E-state index in [2.05, 4.69) is 10.3 Å². The van der Waals surface area contributed by atoms with E-state index in [4.69, 9.17) is 5.73 Å². The number of nitrogens with zero attached hydrogens (tertiary/aromatic N) is 1. The first kappa shape index (κ1) is 13.5. The minimum absolute atomic E-state index is 0.0223. The maximum atomic E-state index is 12.1. The first-order valence-corrected chi connectivity index (χ1v) is 6.46. The molecule has 4 nitrogen and oxygen atoms in total. The Labute approximate surface area is 113 Å². The van der Waals surface area contributed by atoms with Gasteiger partial charge in [0, 0.05) is 30.0 Å². The monoisotopic (exact) mass is 257 g/mol. The molecular weight excluding hydrogens is 238 g/mol. The van der Waals surface area contributed by atoms with Crippen LogP contribution in [0.15, 0.2) is 36.7 Å². The molecule has 1 aromatic heterocycles. The molecule has 1 atom stereocenters. The molecule has 2 aromatic rings. The Bertz CT molecular complexity index is 580. The summed E-state index contributed by atoms with van der Waals surface area (Å²) >= 11 is 0. The zero-order valence-electron chi connectivity index (χ0n) is 11.3. The van der Waals surface area contributed by atoms with Gasteiger partial charge in [-0.15, -0.1) is 0 Å². The van der Waals surface area contributed by atoms with E-state index < -0.39 is 0 Å². The summed E-state index contributed by atoms with van der Waals surface area (Å²) in [6, 6.07) is 7.71. The van der Waals surface area contributed by atoms with E-state index in [9.17, 15) is 4.79 Å². The molecule has 0 saturated heterocycles. The molecule has 2 rings (SSSR count). The third-order valence-corrected chi connectivity index (χ3v) is 3.30. The SMILES string of the molecule is CC(C)[C@H](CN)C(=O)Nc1ccc2cnccc2c1. The van der Waals surface area contributed by atoms with Crippen LogP contribution in [0.5, 0.6) is 0 Å². The van der Waals surface area contributed by atoms with Crippen molar-refractivity contribution in [1.29, 1.82) is 0 Å². The van der Waals surface area contributed by atoms with Crippen molar-refractivity contribution < 1.29 is 4.79 Å². The molecule has 0 fully saturated rings. The number of benzene rings is 1. The largest absolute Gasteiger partial charge is 0.330 e.